The number of unbranched alkanes of at least 4 members (excludes halogenated alkanes) is 1. The van der Waals surface area contributed by atoms with Crippen LogP contribution in [-0.4, -0.2) is 19.9 Å². The molecule has 0 radical (unpaired) electrons. The summed E-state index contributed by atoms with van der Waals surface area (Å²) >= 11 is 0. The van der Waals surface area contributed by atoms with Gasteiger partial charge in [0.2, 0.25) is 0 Å². The molecule has 0 bridgehead atoms. The highest BCUT2D eigenvalue weighted by atomic mass is 16.1. The minimum absolute atomic E-state index is 0.190. The molecule has 0 aliphatic heterocycles. The molecule has 1 aromatic rings. The molecule has 0 heterocycles. The molecule has 0 saturated heterocycles. The fourth-order valence-electron chi connectivity index (χ4n) is 2.13. The Bertz CT molecular complexity index is 367. The number of Topliss-reactive ketones (excluding diaryl/α,β-unsaturated/α-hetero) is 1. The van der Waals surface area contributed by atoms with Crippen molar-refractivity contribution in [3.05, 3.63) is 29.8 Å². The van der Waals surface area contributed by atoms with Gasteiger partial charge in [0.15, 0.2) is 5.78 Å². The maximum Gasteiger partial charge on any atom is 0.165 e. The number of nitrogens with zero attached hydrogens (tertiary/aromatic N) is 1. The number of ketones is 1. The summed E-state index contributed by atoms with van der Waals surface area (Å²) in [5, 5.41) is 0. The highest BCUT2D eigenvalue weighted by Gasteiger charge is 2.17. The summed E-state index contributed by atoms with van der Waals surface area (Å²) in [6, 6.07) is 7.93. The molecule has 100 valence electrons. The molecule has 0 spiro atoms. The van der Waals surface area contributed by atoms with E-state index < -0.39 is 0 Å². The van der Waals surface area contributed by atoms with Gasteiger partial charge in [0.05, 0.1) is 0 Å². The number of carbonyl (C=O) groups is 1. The predicted octanol–water partition coefficient (Wildman–Crippen LogP) is 4.15. The minimum Gasteiger partial charge on any atom is -0.378 e. The third kappa shape index (κ3) is 3.86. The van der Waals surface area contributed by atoms with E-state index in [1.54, 1.807) is 0 Å². The Balaban J connectivity index is 2.75. The molecule has 1 atom stereocenters. The van der Waals surface area contributed by atoms with E-state index in [0.29, 0.717) is 5.78 Å². The van der Waals surface area contributed by atoms with E-state index in [2.05, 4.69) is 13.8 Å². The van der Waals surface area contributed by atoms with Crippen LogP contribution >= 0.6 is 0 Å². The lowest BCUT2D eigenvalue weighted by Gasteiger charge is -2.15. The van der Waals surface area contributed by atoms with E-state index in [4.69, 9.17) is 0 Å². The second kappa shape index (κ2) is 7.20. The molecule has 0 fully saturated rings. The monoisotopic (exact) mass is 247 g/mol. The predicted molar refractivity (Wildman–Crippen MR) is 78.4 cm³/mol. The largest absolute Gasteiger partial charge is 0.378 e. The number of anilines is 1. The van der Waals surface area contributed by atoms with E-state index in [1.165, 1.54) is 0 Å². The summed E-state index contributed by atoms with van der Waals surface area (Å²) < 4.78 is 0. The third-order valence-electron chi connectivity index (χ3n) is 3.44. The van der Waals surface area contributed by atoms with Gasteiger partial charge in [0.1, 0.15) is 0 Å². The van der Waals surface area contributed by atoms with Crippen LogP contribution in [0.4, 0.5) is 5.69 Å². The van der Waals surface area contributed by atoms with Crippen LogP contribution in [0.15, 0.2) is 24.3 Å². The quantitative estimate of drug-likeness (QED) is 0.675. The summed E-state index contributed by atoms with van der Waals surface area (Å²) in [6.07, 6.45) is 4.25. The van der Waals surface area contributed by atoms with E-state index in [9.17, 15) is 4.79 Å². The number of hydrogen-bond donors (Lipinski definition) is 0. The van der Waals surface area contributed by atoms with Gasteiger partial charge in [0, 0.05) is 31.3 Å². The van der Waals surface area contributed by atoms with Gasteiger partial charge >= 0.3 is 0 Å². The Hall–Kier alpha value is -1.31. The lowest BCUT2D eigenvalue weighted by atomic mass is 9.90. The Kier molecular flexibility index (Phi) is 5.90. The fourth-order valence-corrected chi connectivity index (χ4v) is 2.13. The fraction of sp³-hybridized carbons (Fsp3) is 0.562. The van der Waals surface area contributed by atoms with Crippen molar-refractivity contribution in [1.82, 2.24) is 0 Å². The van der Waals surface area contributed by atoms with Crippen LogP contribution in [0.5, 0.6) is 0 Å². The highest BCUT2D eigenvalue weighted by molar-refractivity contribution is 5.98. The molecular formula is C16H25NO. The number of hydrogen-bond acceptors (Lipinski definition) is 2. The smallest absolute Gasteiger partial charge is 0.165 e. The van der Waals surface area contributed by atoms with Crippen LogP contribution in [0.3, 0.4) is 0 Å². The summed E-state index contributed by atoms with van der Waals surface area (Å²) in [6.45, 7) is 4.27. The average molecular weight is 247 g/mol. The number of benzene rings is 1. The zero-order valence-corrected chi connectivity index (χ0v) is 12.1. The first-order valence-electron chi connectivity index (χ1n) is 6.91. The Labute approximate surface area is 111 Å². The van der Waals surface area contributed by atoms with Crippen molar-refractivity contribution in [1.29, 1.82) is 0 Å². The molecule has 1 unspecified atom stereocenters. The average Bonchev–Trinajstić information content (AvgIpc) is 2.39. The summed E-state index contributed by atoms with van der Waals surface area (Å²) in [7, 11) is 4.01. The molecule has 1 aromatic carbocycles. The molecule has 0 saturated carbocycles. The molecule has 0 amide bonds. The van der Waals surface area contributed by atoms with Crippen LogP contribution < -0.4 is 4.90 Å². The van der Waals surface area contributed by atoms with E-state index >= 15 is 0 Å². The number of carbonyl (C=O) groups excluding carboxylic acids is 1. The van der Waals surface area contributed by atoms with E-state index in [0.717, 1.165) is 36.9 Å². The van der Waals surface area contributed by atoms with Crippen molar-refractivity contribution in [3.63, 3.8) is 0 Å². The van der Waals surface area contributed by atoms with Gasteiger partial charge in [-0.15, -0.1) is 0 Å². The first-order chi connectivity index (χ1) is 8.60. The SMILES string of the molecule is CCCCC(CC)C(=O)c1ccc(N(C)C)cc1. The van der Waals surface area contributed by atoms with Gasteiger partial charge < -0.3 is 4.90 Å². The second-order valence-corrected chi connectivity index (χ2v) is 5.05. The molecule has 1 rings (SSSR count). The molecule has 2 heteroatoms. The first-order valence-corrected chi connectivity index (χ1v) is 6.91. The molecule has 0 aliphatic carbocycles. The molecule has 18 heavy (non-hydrogen) atoms. The summed E-state index contributed by atoms with van der Waals surface area (Å²) in [5.41, 5.74) is 1.98. The van der Waals surface area contributed by atoms with Gasteiger partial charge in [-0.1, -0.05) is 26.7 Å². The van der Waals surface area contributed by atoms with Crippen LogP contribution in [0.25, 0.3) is 0 Å². The van der Waals surface area contributed by atoms with Gasteiger partial charge in [-0.25, -0.2) is 0 Å². The van der Waals surface area contributed by atoms with Crippen molar-refractivity contribution in [2.75, 3.05) is 19.0 Å². The van der Waals surface area contributed by atoms with Gasteiger partial charge in [0.25, 0.3) is 0 Å². The lowest BCUT2D eigenvalue weighted by Crippen LogP contribution is -2.14. The van der Waals surface area contributed by atoms with Crippen molar-refractivity contribution in [3.8, 4) is 0 Å². The van der Waals surface area contributed by atoms with Crippen LogP contribution in [0.1, 0.15) is 49.9 Å². The van der Waals surface area contributed by atoms with Gasteiger partial charge in [-0.2, -0.15) is 0 Å². The Morgan fingerprint density at radius 3 is 2.22 bits per heavy atom. The zero-order chi connectivity index (χ0) is 13.5. The van der Waals surface area contributed by atoms with Crippen LogP contribution in [0.2, 0.25) is 0 Å². The van der Waals surface area contributed by atoms with E-state index in [-0.39, 0.29) is 5.92 Å². The van der Waals surface area contributed by atoms with Gasteiger partial charge in [-0.3, -0.25) is 4.79 Å². The topological polar surface area (TPSA) is 20.3 Å². The third-order valence-corrected chi connectivity index (χ3v) is 3.44. The van der Waals surface area contributed by atoms with E-state index in [1.807, 2.05) is 43.3 Å². The molecule has 0 aromatic heterocycles. The van der Waals surface area contributed by atoms with Crippen molar-refractivity contribution in [2.24, 2.45) is 5.92 Å². The highest BCUT2D eigenvalue weighted by Crippen LogP contribution is 2.20. The summed E-state index contributed by atoms with van der Waals surface area (Å²) in [5.74, 6) is 0.492. The Morgan fingerprint density at radius 2 is 1.78 bits per heavy atom. The molecule has 2 nitrogen and oxygen atoms in total. The van der Waals surface area contributed by atoms with Crippen molar-refractivity contribution >= 4 is 11.5 Å². The maximum atomic E-state index is 12.3. The van der Waals surface area contributed by atoms with Crippen molar-refractivity contribution in [2.45, 2.75) is 39.5 Å². The van der Waals surface area contributed by atoms with Crippen molar-refractivity contribution < 1.29 is 4.79 Å². The second-order valence-electron chi connectivity index (χ2n) is 5.05. The molecular weight excluding hydrogens is 222 g/mol. The lowest BCUT2D eigenvalue weighted by molar-refractivity contribution is 0.0908. The van der Waals surface area contributed by atoms with Crippen LogP contribution in [0, 0.1) is 5.92 Å². The summed E-state index contributed by atoms with van der Waals surface area (Å²) in [4.78, 5) is 14.4. The maximum absolute atomic E-state index is 12.3. The zero-order valence-electron chi connectivity index (χ0n) is 12.1. The first kappa shape index (κ1) is 14.7. The number of rotatable bonds is 7. The van der Waals surface area contributed by atoms with Crippen LogP contribution in [-0.2, 0) is 0 Å². The Morgan fingerprint density at radius 1 is 1.17 bits per heavy atom. The standard InChI is InChI=1S/C16H25NO/c1-5-7-8-13(6-2)16(18)14-9-11-15(12-10-14)17(3)4/h9-13H,5-8H2,1-4H3. The van der Waals surface area contributed by atoms with Gasteiger partial charge in [-0.05, 0) is 37.1 Å². The molecule has 0 N–H and O–H groups in total. The normalized spacial score (nSPS) is 12.2. The molecule has 0 aliphatic rings. The minimum atomic E-state index is 0.190.